The number of amides is 3. The molecule has 0 spiro atoms. The summed E-state index contributed by atoms with van der Waals surface area (Å²) in [6, 6.07) is 9.07. The summed E-state index contributed by atoms with van der Waals surface area (Å²) in [6.07, 6.45) is 6.29. The van der Waals surface area contributed by atoms with Gasteiger partial charge in [0.25, 0.3) is 5.91 Å². The van der Waals surface area contributed by atoms with Crippen molar-refractivity contribution in [2.24, 2.45) is 5.92 Å². The van der Waals surface area contributed by atoms with Gasteiger partial charge in [-0.25, -0.2) is 4.79 Å². The number of ether oxygens (including phenoxy) is 1. The van der Waals surface area contributed by atoms with Crippen LogP contribution >= 0.6 is 11.6 Å². The van der Waals surface area contributed by atoms with E-state index < -0.39 is 48.2 Å². The van der Waals surface area contributed by atoms with E-state index in [9.17, 15) is 19.5 Å². The maximum atomic E-state index is 14.2. The summed E-state index contributed by atoms with van der Waals surface area (Å²) in [5, 5.41) is 15.9. The van der Waals surface area contributed by atoms with E-state index in [1.807, 2.05) is 19.9 Å². The third-order valence-electron chi connectivity index (χ3n) is 6.47. The van der Waals surface area contributed by atoms with Crippen molar-refractivity contribution in [1.29, 1.82) is 0 Å². The highest BCUT2D eigenvalue weighted by atomic mass is 35.5. The van der Waals surface area contributed by atoms with Gasteiger partial charge in [0.05, 0.1) is 17.3 Å². The zero-order chi connectivity index (χ0) is 30.9. The van der Waals surface area contributed by atoms with Crippen molar-refractivity contribution in [3.05, 3.63) is 64.2 Å². The van der Waals surface area contributed by atoms with Crippen LogP contribution in [-0.2, 0) is 14.3 Å². The summed E-state index contributed by atoms with van der Waals surface area (Å²) in [5.74, 6) is 1.76. The lowest BCUT2D eigenvalue weighted by Gasteiger charge is -2.39. The number of benzene rings is 2. The van der Waals surface area contributed by atoms with E-state index in [4.69, 9.17) is 22.8 Å². The Hall–Kier alpha value is -3.54. The molecule has 9 heteroatoms. The minimum Gasteiger partial charge on any atom is -0.444 e. The van der Waals surface area contributed by atoms with Gasteiger partial charge in [-0.1, -0.05) is 61.7 Å². The van der Waals surface area contributed by atoms with Crippen LogP contribution < -0.4 is 10.6 Å². The number of terminal acetylenes is 1. The van der Waals surface area contributed by atoms with Gasteiger partial charge < -0.3 is 25.4 Å². The van der Waals surface area contributed by atoms with Gasteiger partial charge in [0, 0.05) is 11.6 Å². The number of aliphatic hydroxyl groups excluding tert-OH is 1. The zero-order valence-electron chi connectivity index (χ0n) is 25.0. The van der Waals surface area contributed by atoms with Crippen molar-refractivity contribution in [3.8, 4) is 12.3 Å². The van der Waals surface area contributed by atoms with E-state index in [1.165, 1.54) is 4.90 Å². The maximum Gasteiger partial charge on any atom is 0.408 e. The second kappa shape index (κ2) is 14.9. The van der Waals surface area contributed by atoms with E-state index >= 15 is 0 Å². The Bertz CT molecular complexity index is 1240. The first-order valence-electron chi connectivity index (χ1n) is 13.7. The summed E-state index contributed by atoms with van der Waals surface area (Å²) >= 11 is 6.43. The van der Waals surface area contributed by atoms with Crippen molar-refractivity contribution >= 4 is 35.2 Å². The lowest BCUT2D eigenvalue weighted by Crippen LogP contribution is -2.56. The molecule has 0 fully saturated rings. The lowest BCUT2D eigenvalue weighted by atomic mass is 9.94. The van der Waals surface area contributed by atoms with E-state index in [-0.39, 0.29) is 0 Å². The first kappa shape index (κ1) is 33.7. The van der Waals surface area contributed by atoms with Gasteiger partial charge in [-0.3, -0.25) is 9.59 Å². The van der Waals surface area contributed by atoms with Crippen LogP contribution in [0.2, 0.25) is 5.02 Å². The summed E-state index contributed by atoms with van der Waals surface area (Å²) in [6.45, 7) is 12.1. The Morgan fingerprint density at radius 3 is 2.29 bits per heavy atom. The summed E-state index contributed by atoms with van der Waals surface area (Å²) in [5.41, 5.74) is 1.18. The SMILES string of the molecule is C#Cc1ccccc1C(C(=O)Nc1c(C)cccc1Cl)N(C(=O)C(CO)NC(=O)OC(C)(C)C)C(C)CCC(C)C. The minimum atomic E-state index is -1.37. The van der Waals surface area contributed by atoms with Gasteiger partial charge in [0.15, 0.2) is 0 Å². The number of halogens is 1. The van der Waals surface area contributed by atoms with Gasteiger partial charge in [-0.15, -0.1) is 6.42 Å². The van der Waals surface area contributed by atoms with Crippen molar-refractivity contribution in [1.82, 2.24) is 10.2 Å². The number of para-hydroxylation sites is 1. The highest BCUT2D eigenvalue weighted by Gasteiger charge is 2.39. The molecule has 3 N–H and O–H groups in total. The first-order chi connectivity index (χ1) is 19.2. The molecule has 0 aliphatic carbocycles. The Balaban J connectivity index is 2.68. The van der Waals surface area contributed by atoms with Crippen LogP contribution in [0.5, 0.6) is 0 Å². The van der Waals surface area contributed by atoms with Crippen LogP contribution in [0.25, 0.3) is 0 Å². The Morgan fingerprint density at radius 1 is 1.07 bits per heavy atom. The number of carbonyl (C=O) groups excluding carboxylic acids is 3. The molecule has 0 saturated heterocycles. The van der Waals surface area contributed by atoms with E-state index in [1.54, 1.807) is 57.2 Å². The van der Waals surface area contributed by atoms with Crippen LogP contribution in [0.3, 0.4) is 0 Å². The first-order valence-corrected chi connectivity index (χ1v) is 14.1. The molecule has 8 nitrogen and oxygen atoms in total. The molecule has 0 radical (unpaired) electrons. The zero-order valence-corrected chi connectivity index (χ0v) is 25.7. The molecule has 2 aromatic rings. The van der Waals surface area contributed by atoms with Crippen molar-refractivity contribution in [2.75, 3.05) is 11.9 Å². The normalized spacial score (nSPS) is 13.5. The van der Waals surface area contributed by atoms with Crippen LogP contribution in [0.15, 0.2) is 42.5 Å². The van der Waals surface area contributed by atoms with Gasteiger partial charge in [-0.2, -0.15) is 0 Å². The van der Waals surface area contributed by atoms with Gasteiger partial charge in [0.2, 0.25) is 5.91 Å². The smallest absolute Gasteiger partial charge is 0.408 e. The standard InChI is InChI=1S/C32H42ClN3O5/c1-9-23-14-10-11-15-24(23)28(29(38)35-27-21(4)13-12-16-25(27)33)36(22(5)18-17-20(2)3)30(39)26(19-37)34-31(40)41-32(6,7)8/h1,10-16,20,22,26,28,37H,17-19H2,2-8H3,(H,34,40)(H,35,38). The average molecular weight is 584 g/mol. The highest BCUT2D eigenvalue weighted by Crippen LogP contribution is 2.32. The van der Waals surface area contributed by atoms with Crippen molar-refractivity contribution < 1.29 is 24.2 Å². The third-order valence-corrected chi connectivity index (χ3v) is 6.79. The molecule has 3 atom stereocenters. The van der Waals surface area contributed by atoms with E-state index in [2.05, 4.69) is 30.4 Å². The molecular formula is C32H42ClN3O5. The number of hydrogen-bond acceptors (Lipinski definition) is 5. The third kappa shape index (κ3) is 9.51. The molecule has 0 heterocycles. The van der Waals surface area contributed by atoms with Crippen LogP contribution in [0, 0.1) is 25.2 Å². The number of nitrogens with zero attached hydrogens (tertiary/aromatic N) is 1. The predicted molar refractivity (Wildman–Crippen MR) is 163 cm³/mol. The molecule has 0 aliphatic heterocycles. The topological polar surface area (TPSA) is 108 Å². The lowest BCUT2D eigenvalue weighted by molar-refractivity contribution is -0.144. The number of nitrogens with one attached hydrogen (secondary N) is 2. The molecule has 3 unspecified atom stereocenters. The number of hydrogen-bond donors (Lipinski definition) is 3. The molecule has 0 saturated carbocycles. The highest BCUT2D eigenvalue weighted by molar-refractivity contribution is 6.34. The Kier molecular flexibility index (Phi) is 12.2. The quantitative estimate of drug-likeness (QED) is 0.288. The van der Waals surface area contributed by atoms with Gasteiger partial charge in [-0.05, 0) is 76.6 Å². The van der Waals surface area contributed by atoms with E-state index in [0.717, 1.165) is 12.0 Å². The molecule has 2 aromatic carbocycles. The maximum absolute atomic E-state index is 14.2. The fourth-order valence-electron chi connectivity index (χ4n) is 4.39. The van der Waals surface area contributed by atoms with E-state index in [0.29, 0.717) is 34.2 Å². The molecular weight excluding hydrogens is 542 g/mol. The van der Waals surface area contributed by atoms with Crippen molar-refractivity contribution in [2.45, 2.75) is 85.0 Å². The Labute approximate surface area is 248 Å². The molecule has 2 rings (SSSR count). The predicted octanol–water partition coefficient (Wildman–Crippen LogP) is 5.85. The summed E-state index contributed by atoms with van der Waals surface area (Å²) in [7, 11) is 0. The van der Waals surface area contributed by atoms with Gasteiger partial charge in [0.1, 0.15) is 17.7 Å². The summed E-state index contributed by atoms with van der Waals surface area (Å²) < 4.78 is 5.32. The average Bonchev–Trinajstić information content (AvgIpc) is 2.89. The number of aryl methyl sites for hydroxylation is 1. The molecule has 222 valence electrons. The largest absolute Gasteiger partial charge is 0.444 e. The fraction of sp³-hybridized carbons (Fsp3) is 0.469. The van der Waals surface area contributed by atoms with Gasteiger partial charge >= 0.3 is 6.09 Å². The number of alkyl carbamates (subject to hydrolysis) is 1. The summed E-state index contributed by atoms with van der Waals surface area (Å²) in [4.78, 5) is 42.4. The minimum absolute atomic E-state index is 0.332. The second-order valence-electron chi connectivity index (χ2n) is 11.5. The number of anilines is 1. The van der Waals surface area contributed by atoms with Crippen LogP contribution in [-0.4, -0.2) is 52.2 Å². The molecule has 0 aromatic heterocycles. The Morgan fingerprint density at radius 2 is 1.73 bits per heavy atom. The van der Waals surface area contributed by atoms with Crippen molar-refractivity contribution in [3.63, 3.8) is 0 Å². The van der Waals surface area contributed by atoms with Crippen LogP contribution in [0.4, 0.5) is 10.5 Å². The fourth-order valence-corrected chi connectivity index (χ4v) is 4.66. The number of aliphatic hydroxyl groups is 1. The molecule has 41 heavy (non-hydrogen) atoms. The monoisotopic (exact) mass is 583 g/mol. The molecule has 0 aliphatic rings. The molecule has 0 bridgehead atoms. The number of carbonyl (C=O) groups is 3. The van der Waals surface area contributed by atoms with Crippen LogP contribution in [0.1, 0.15) is 77.1 Å². The number of rotatable bonds is 11. The second-order valence-corrected chi connectivity index (χ2v) is 11.9. The molecule has 3 amide bonds.